The summed E-state index contributed by atoms with van der Waals surface area (Å²) in [5.41, 5.74) is 2.91. The van der Waals surface area contributed by atoms with Gasteiger partial charge in [0.25, 0.3) is 0 Å². The maximum Gasteiger partial charge on any atom is 0.461 e. The molecule has 0 radical (unpaired) electrons. The zero-order valence-electron chi connectivity index (χ0n) is 23.6. The van der Waals surface area contributed by atoms with Crippen LogP contribution in [-0.2, 0) is 16.0 Å². The summed E-state index contributed by atoms with van der Waals surface area (Å²) in [6.45, 7) is 2.10. The zero-order valence-corrected chi connectivity index (χ0v) is 23.6. The van der Waals surface area contributed by atoms with Crippen molar-refractivity contribution in [2.75, 3.05) is 26.2 Å². The molecule has 0 saturated carbocycles. The monoisotopic (exact) mass is 597 g/mol. The van der Waals surface area contributed by atoms with Crippen LogP contribution in [0.3, 0.4) is 0 Å². The molecule has 0 fully saturated rings. The first-order valence-corrected chi connectivity index (χ1v) is 14.2. The number of carbonyl (C=O) groups is 1. The molecule has 0 amide bonds. The van der Waals surface area contributed by atoms with Crippen LogP contribution in [0.5, 0.6) is 5.75 Å². The second kappa shape index (κ2) is 15.4. The molecule has 3 aromatic rings. The number of hydrogen-bond acceptors (Lipinski definition) is 4. The Labute approximate surface area is 249 Å². The van der Waals surface area contributed by atoms with Crippen LogP contribution in [-0.4, -0.2) is 54.8 Å². The van der Waals surface area contributed by atoms with Gasteiger partial charge in [-0.1, -0.05) is 78.9 Å². The van der Waals surface area contributed by atoms with E-state index in [2.05, 4.69) is 33.9 Å². The fourth-order valence-electron chi connectivity index (χ4n) is 5.13. The van der Waals surface area contributed by atoms with E-state index in [4.69, 9.17) is 9.84 Å². The van der Waals surface area contributed by atoms with Gasteiger partial charge in [-0.15, -0.1) is 0 Å². The molecule has 4 rings (SSSR count). The lowest BCUT2D eigenvalue weighted by Gasteiger charge is -2.31. The van der Waals surface area contributed by atoms with Crippen LogP contribution in [0, 0.1) is 5.92 Å². The van der Waals surface area contributed by atoms with Crippen molar-refractivity contribution in [3.63, 3.8) is 0 Å². The summed E-state index contributed by atoms with van der Waals surface area (Å²) < 4.78 is 63.0. The van der Waals surface area contributed by atoms with Gasteiger partial charge in [0, 0.05) is 25.6 Å². The van der Waals surface area contributed by atoms with Crippen molar-refractivity contribution in [2.45, 2.75) is 37.7 Å². The normalized spacial score (nSPS) is 15.1. The first kappa shape index (κ1) is 31.8. The largest absolute Gasteiger partial charge is 0.494 e. The molecule has 0 heterocycles. The Balaban J connectivity index is 1.49. The van der Waals surface area contributed by atoms with Gasteiger partial charge in [0.2, 0.25) is 0 Å². The van der Waals surface area contributed by atoms with Crippen LogP contribution >= 0.6 is 0 Å². The zero-order chi connectivity index (χ0) is 30.7. The van der Waals surface area contributed by atoms with Gasteiger partial charge in [-0.05, 0) is 59.7 Å². The number of aliphatic carboxylic acids is 1. The third-order valence-electron chi connectivity index (χ3n) is 7.11. The fourth-order valence-corrected chi connectivity index (χ4v) is 5.13. The lowest BCUT2D eigenvalue weighted by Crippen LogP contribution is -2.35. The highest BCUT2D eigenvalue weighted by atomic mass is 19.3. The molecule has 0 aliphatic heterocycles. The van der Waals surface area contributed by atoms with Gasteiger partial charge in [-0.2, -0.15) is 17.6 Å². The lowest BCUT2D eigenvalue weighted by atomic mass is 9.90. The number of benzene rings is 3. The molecule has 9 heteroatoms. The van der Waals surface area contributed by atoms with Crippen molar-refractivity contribution >= 4 is 5.97 Å². The standard InChI is InChI=1S/C34H35F4NO4/c35-33(36)34(37,38)43-30-17-8-11-26(21-30)23-39(18-9-19-42-29-16-7-10-25(20-29)22-32(40)41)24-31(27-12-3-1-4-13-27)28-14-5-2-6-15-28/h1-8,10,12-17,20-21,26,31,33H,9,11,18-19,22-24H2,(H,40,41). The Bertz CT molecular complexity index is 1330. The van der Waals surface area contributed by atoms with Crippen LogP contribution in [0.1, 0.15) is 35.4 Å². The highest BCUT2D eigenvalue weighted by molar-refractivity contribution is 5.70. The number of nitrogens with zero attached hydrogens (tertiary/aromatic N) is 1. The summed E-state index contributed by atoms with van der Waals surface area (Å²) in [6, 6.07) is 27.2. The van der Waals surface area contributed by atoms with E-state index in [1.165, 1.54) is 12.2 Å². The molecule has 0 saturated heterocycles. The molecular formula is C34H35F4NO4. The number of carboxylic acid groups (broad SMARTS) is 1. The minimum Gasteiger partial charge on any atom is -0.494 e. The van der Waals surface area contributed by atoms with Gasteiger partial charge < -0.3 is 19.5 Å². The van der Waals surface area contributed by atoms with Gasteiger partial charge in [-0.25, -0.2) is 0 Å². The number of allylic oxidation sites excluding steroid dienone is 2. The predicted octanol–water partition coefficient (Wildman–Crippen LogP) is 7.55. The SMILES string of the molecule is O=C(O)Cc1cccc(OCCCN(CC2C=C(OC(F)(F)C(F)F)C=CC2)CC(c2ccccc2)c2ccccc2)c1. The molecule has 1 atom stereocenters. The molecule has 1 aliphatic rings. The van der Waals surface area contributed by atoms with Gasteiger partial charge in [-0.3, -0.25) is 4.79 Å². The summed E-state index contributed by atoms with van der Waals surface area (Å²) in [4.78, 5) is 13.3. The molecule has 1 N–H and O–H groups in total. The highest BCUT2D eigenvalue weighted by Gasteiger charge is 2.44. The molecule has 228 valence electrons. The lowest BCUT2D eigenvalue weighted by molar-refractivity contribution is -0.280. The fraction of sp³-hybridized carbons (Fsp3) is 0.324. The molecule has 0 spiro atoms. The van der Waals surface area contributed by atoms with Crippen molar-refractivity contribution in [1.29, 1.82) is 0 Å². The first-order chi connectivity index (χ1) is 20.7. The molecule has 3 aromatic carbocycles. The highest BCUT2D eigenvalue weighted by Crippen LogP contribution is 2.31. The van der Waals surface area contributed by atoms with Crippen molar-refractivity contribution in [3.05, 3.63) is 126 Å². The molecule has 0 aromatic heterocycles. The molecule has 1 unspecified atom stereocenters. The van der Waals surface area contributed by atoms with E-state index in [1.54, 1.807) is 30.3 Å². The Hall–Kier alpha value is -4.11. The molecular weight excluding hydrogens is 562 g/mol. The third-order valence-corrected chi connectivity index (χ3v) is 7.11. The van der Waals surface area contributed by atoms with Crippen LogP contribution < -0.4 is 4.74 Å². The van der Waals surface area contributed by atoms with Crippen molar-refractivity contribution in [2.24, 2.45) is 5.92 Å². The Morgan fingerprint density at radius 2 is 1.65 bits per heavy atom. The van der Waals surface area contributed by atoms with E-state index in [1.807, 2.05) is 36.4 Å². The number of halogens is 4. The Kier molecular flexibility index (Phi) is 11.4. The second-order valence-corrected chi connectivity index (χ2v) is 10.5. The number of ether oxygens (including phenoxy) is 2. The van der Waals surface area contributed by atoms with Gasteiger partial charge in [0.05, 0.1) is 13.0 Å². The quantitative estimate of drug-likeness (QED) is 0.137. The maximum absolute atomic E-state index is 13.6. The number of alkyl halides is 4. The van der Waals surface area contributed by atoms with Gasteiger partial charge >= 0.3 is 18.5 Å². The smallest absolute Gasteiger partial charge is 0.461 e. The van der Waals surface area contributed by atoms with Gasteiger partial charge in [0.15, 0.2) is 0 Å². The summed E-state index contributed by atoms with van der Waals surface area (Å²) in [5, 5.41) is 9.07. The second-order valence-electron chi connectivity index (χ2n) is 10.5. The van der Waals surface area contributed by atoms with Crippen LogP contribution in [0.25, 0.3) is 0 Å². The Morgan fingerprint density at radius 3 is 2.28 bits per heavy atom. The minimum absolute atomic E-state index is 0.0259. The number of rotatable bonds is 16. The summed E-state index contributed by atoms with van der Waals surface area (Å²) in [6.07, 6.45) is -2.93. The summed E-state index contributed by atoms with van der Waals surface area (Å²) in [5.74, 6) is -0.808. The van der Waals surface area contributed by atoms with Gasteiger partial charge in [0.1, 0.15) is 11.5 Å². The average Bonchev–Trinajstić information content (AvgIpc) is 2.98. The van der Waals surface area contributed by atoms with E-state index >= 15 is 0 Å². The van der Waals surface area contributed by atoms with Crippen LogP contribution in [0.4, 0.5) is 17.6 Å². The summed E-state index contributed by atoms with van der Waals surface area (Å²) in [7, 11) is 0. The first-order valence-electron chi connectivity index (χ1n) is 14.2. The number of carboxylic acids is 1. The molecule has 5 nitrogen and oxygen atoms in total. The predicted molar refractivity (Wildman–Crippen MR) is 156 cm³/mol. The Morgan fingerprint density at radius 1 is 0.977 bits per heavy atom. The van der Waals surface area contributed by atoms with E-state index in [0.717, 1.165) is 11.1 Å². The van der Waals surface area contributed by atoms with Crippen molar-refractivity contribution in [1.82, 2.24) is 4.90 Å². The van der Waals surface area contributed by atoms with E-state index in [0.29, 0.717) is 50.4 Å². The van der Waals surface area contributed by atoms with E-state index < -0.39 is 18.5 Å². The minimum atomic E-state index is -4.57. The van der Waals surface area contributed by atoms with Crippen molar-refractivity contribution < 1.29 is 36.9 Å². The van der Waals surface area contributed by atoms with E-state index in [-0.39, 0.29) is 24.0 Å². The third kappa shape index (κ3) is 9.99. The van der Waals surface area contributed by atoms with Crippen LogP contribution in [0.15, 0.2) is 109 Å². The maximum atomic E-state index is 13.6. The topological polar surface area (TPSA) is 59.0 Å². The molecule has 1 aliphatic carbocycles. The van der Waals surface area contributed by atoms with Crippen molar-refractivity contribution in [3.8, 4) is 5.75 Å². The number of hydrogen-bond donors (Lipinski definition) is 1. The average molecular weight is 598 g/mol. The summed E-state index contributed by atoms with van der Waals surface area (Å²) >= 11 is 0. The van der Waals surface area contributed by atoms with Crippen LogP contribution in [0.2, 0.25) is 0 Å². The molecule has 0 bridgehead atoms. The molecule has 43 heavy (non-hydrogen) atoms. The van der Waals surface area contributed by atoms with E-state index in [9.17, 15) is 22.4 Å².